The maximum atomic E-state index is 13.2. The molecule has 0 aliphatic rings. The molecule has 0 aromatic heterocycles. The van der Waals surface area contributed by atoms with E-state index in [1.165, 1.54) is 7.11 Å². The lowest BCUT2D eigenvalue weighted by molar-refractivity contribution is -0.266. The largest absolute Gasteiger partial charge is 0.387 e. The number of hydrogen-bond acceptors (Lipinski definition) is 6. The molecule has 0 rings (SSSR count). The van der Waals surface area contributed by atoms with E-state index in [4.69, 9.17) is 24.1 Å². The molecule has 0 heterocycles. The van der Waals surface area contributed by atoms with E-state index in [1.54, 1.807) is 7.11 Å². The van der Waals surface area contributed by atoms with Gasteiger partial charge in [0.15, 0.2) is 0 Å². The summed E-state index contributed by atoms with van der Waals surface area (Å²) < 4.78 is 62.6. The first-order valence-corrected chi connectivity index (χ1v) is 6.42. The van der Waals surface area contributed by atoms with E-state index in [1.807, 2.05) is 0 Å². The van der Waals surface area contributed by atoms with Crippen molar-refractivity contribution >= 4 is 0 Å². The molecule has 6 nitrogen and oxygen atoms in total. The van der Waals surface area contributed by atoms with Crippen molar-refractivity contribution in [2.75, 3.05) is 60.5 Å². The summed E-state index contributed by atoms with van der Waals surface area (Å²) in [6.45, 7) is 1.14. The standard InChI is InChI=1S/C12H23F3O6/c1-17-3-4-19-5-6-20-7-8-21-10(9-18-2)11(13)12(14,15)16/h10-11,16H,3-9H2,1-2H3. The summed E-state index contributed by atoms with van der Waals surface area (Å²) in [5, 5.41) is 8.32. The van der Waals surface area contributed by atoms with E-state index in [0.29, 0.717) is 19.8 Å². The molecule has 0 bridgehead atoms. The van der Waals surface area contributed by atoms with Crippen molar-refractivity contribution in [3.05, 3.63) is 0 Å². The fourth-order valence-corrected chi connectivity index (χ4v) is 1.33. The Morgan fingerprint density at radius 1 is 0.905 bits per heavy atom. The number of halogens is 3. The van der Waals surface area contributed by atoms with Crippen LogP contribution in [0.15, 0.2) is 0 Å². The Morgan fingerprint density at radius 3 is 1.90 bits per heavy atom. The molecule has 0 aliphatic carbocycles. The number of hydrogen-bond donors (Lipinski definition) is 1. The molecule has 2 unspecified atom stereocenters. The second kappa shape index (κ2) is 12.1. The lowest BCUT2D eigenvalue weighted by Gasteiger charge is -2.23. The van der Waals surface area contributed by atoms with Gasteiger partial charge in [-0.2, -0.15) is 8.78 Å². The lowest BCUT2D eigenvalue weighted by Crippen LogP contribution is -2.43. The maximum Gasteiger partial charge on any atom is 0.387 e. The predicted molar refractivity (Wildman–Crippen MR) is 67.2 cm³/mol. The van der Waals surface area contributed by atoms with Gasteiger partial charge in [0.2, 0.25) is 6.17 Å². The highest BCUT2D eigenvalue weighted by Crippen LogP contribution is 2.22. The van der Waals surface area contributed by atoms with Crippen molar-refractivity contribution in [1.29, 1.82) is 0 Å². The first kappa shape index (κ1) is 20.6. The van der Waals surface area contributed by atoms with Gasteiger partial charge in [-0.05, 0) is 0 Å². The highest BCUT2D eigenvalue weighted by Gasteiger charge is 2.44. The van der Waals surface area contributed by atoms with Crippen LogP contribution in [-0.4, -0.2) is 84.0 Å². The van der Waals surface area contributed by atoms with Crippen LogP contribution in [0.1, 0.15) is 0 Å². The van der Waals surface area contributed by atoms with Gasteiger partial charge in [0, 0.05) is 14.2 Å². The van der Waals surface area contributed by atoms with Crippen molar-refractivity contribution in [2.24, 2.45) is 0 Å². The van der Waals surface area contributed by atoms with Crippen molar-refractivity contribution in [3.63, 3.8) is 0 Å². The third kappa shape index (κ3) is 10.9. The normalized spacial score (nSPS) is 15.1. The van der Waals surface area contributed by atoms with Gasteiger partial charge in [-0.15, -0.1) is 0 Å². The minimum absolute atomic E-state index is 0.0809. The summed E-state index contributed by atoms with van der Waals surface area (Å²) in [7, 11) is 2.77. The minimum Gasteiger partial charge on any atom is -0.382 e. The molecule has 128 valence electrons. The Balaban J connectivity index is 3.70. The highest BCUT2D eigenvalue weighted by atomic mass is 19.3. The molecule has 0 saturated carbocycles. The molecule has 0 amide bonds. The molecule has 0 aliphatic heterocycles. The monoisotopic (exact) mass is 320 g/mol. The molecule has 21 heavy (non-hydrogen) atoms. The van der Waals surface area contributed by atoms with Crippen LogP contribution >= 0.6 is 0 Å². The molecule has 0 radical (unpaired) electrons. The molecule has 0 aromatic rings. The molecule has 2 atom stereocenters. The SMILES string of the molecule is COCCOCCOCCOC(COC)C(F)C(O)(F)F. The van der Waals surface area contributed by atoms with Crippen molar-refractivity contribution in [3.8, 4) is 0 Å². The van der Waals surface area contributed by atoms with Crippen molar-refractivity contribution in [2.45, 2.75) is 18.4 Å². The van der Waals surface area contributed by atoms with E-state index in [-0.39, 0.29) is 19.8 Å². The topological polar surface area (TPSA) is 66.4 Å². The van der Waals surface area contributed by atoms with E-state index in [2.05, 4.69) is 4.74 Å². The molecular weight excluding hydrogens is 297 g/mol. The summed E-state index contributed by atoms with van der Waals surface area (Å²) in [4.78, 5) is 0. The molecule has 0 fully saturated rings. The van der Waals surface area contributed by atoms with E-state index in [0.717, 1.165) is 0 Å². The van der Waals surface area contributed by atoms with Gasteiger partial charge in [-0.1, -0.05) is 0 Å². The smallest absolute Gasteiger partial charge is 0.382 e. The Kier molecular flexibility index (Phi) is 11.9. The minimum atomic E-state index is -4.47. The van der Waals surface area contributed by atoms with Crippen LogP contribution in [0.4, 0.5) is 13.2 Å². The second-order valence-electron chi connectivity index (χ2n) is 4.07. The second-order valence-corrected chi connectivity index (χ2v) is 4.07. The Hall–Kier alpha value is -0.450. The fraction of sp³-hybridized carbons (Fsp3) is 1.00. The Morgan fingerprint density at radius 2 is 1.43 bits per heavy atom. The number of ether oxygens (including phenoxy) is 5. The Bertz CT molecular complexity index is 240. The van der Waals surface area contributed by atoms with Crippen LogP contribution in [-0.2, 0) is 23.7 Å². The quantitative estimate of drug-likeness (QED) is 0.473. The Labute approximate surface area is 122 Å². The zero-order valence-corrected chi connectivity index (χ0v) is 12.2. The molecule has 0 saturated heterocycles. The van der Waals surface area contributed by atoms with Crippen LogP contribution in [0.2, 0.25) is 0 Å². The summed E-state index contributed by atoms with van der Waals surface area (Å²) in [6, 6.07) is 0. The van der Waals surface area contributed by atoms with E-state index < -0.39 is 25.0 Å². The summed E-state index contributed by atoms with van der Waals surface area (Å²) in [5.41, 5.74) is 0. The highest BCUT2D eigenvalue weighted by molar-refractivity contribution is 4.76. The molecule has 9 heteroatoms. The van der Waals surface area contributed by atoms with Crippen LogP contribution in [0.25, 0.3) is 0 Å². The van der Waals surface area contributed by atoms with E-state index in [9.17, 15) is 13.2 Å². The summed E-state index contributed by atoms with van der Waals surface area (Å²) in [5.74, 6) is 0. The number of aliphatic hydroxyl groups is 1. The third-order valence-electron chi connectivity index (χ3n) is 2.35. The number of rotatable bonds is 14. The van der Waals surface area contributed by atoms with Gasteiger partial charge < -0.3 is 28.8 Å². The third-order valence-corrected chi connectivity index (χ3v) is 2.35. The molecular formula is C12H23F3O6. The number of methoxy groups -OCH3 is 2. The van der Waals surface area contributed by atoms with Gasteiger partial charge in [-0.25, -0.2) is 4.39 Å². The zero-order valence-electron chi connectivity index (χ0n) is 12.2. The van der Waals surface area contributed by atoms with Crippen molar-refractivity contribution < 1.29 is 42.0 Å². The van der Waals surface area contributed by atoms with Crippen LogP contribution < -0.4 is 0 Å². The molecule has 1 N–H and O–H groups in total. The van der Waals surface area contributed by atoms with Crippen LogP contribution in [0.5, 0.6) is 0 Å². The maximum absolute atomic E-state index is 13.2. The predicted octanol–water partition coefficient (Wildman–Crippen LogP) is 0.621. The van der Waals surface area contributed by atoms with Gasteiger partial charge in [0.1, 0.15) is 6.10 Å². The number of alkyl halides is 3. The summed E-state index contributed by atoms with van der Waals surface area (Å²) in [6.07, 6.45) is -8.91. The van der Waals surface area contributed by atoms with Gasteiger partial charge in [0.25, 0.3) is 0 Å². The average Bonchev–Trinajstić information content (AvgIpc) is 2.42. The summed E-state index contributed by atoms with van der Waals surface area (Å²) >= 11 is 0. The van der Waals surface area contributed by atoms with Crippen LogP contribution in [0.3, 0.4) is 0 Å². The average molecular weight is 320 g/mol. The van der Waals surface area contributed by atoms with Gasteiger partial charge >= 0.3 is 6.11 Å². The van der Waals surface area contributed by atoms with Gasteiger partial charge in [-0.3, -0.25) is 0 Å². The van der Waals surface area contributed by atoms with Gasteiger partial charge in [0.05, 0.1) is 46.2 Å². The van der Waals surface area contributed by atoms with Crippen molar-refractivity contribution in [1.82, 2.24) is 0 Å². The first-order chi connectivity index (χ1) is 9.93. The van der Waals surface area contributed by atoms with E-state index >= 15 is 0 Å². The molecule has 0 aromatic carbocycles. The molecule has 0 spiro atoms. The first-order valence-electron chi connectivity index (χ1n) is 6.42. The zero-order chi connectivity index (χ0) is 16.1. The fourth-order valence-electron chi connectivity index (χ4n) is 1.33. The van der Waals surface area contributed by atoms with Crippen LogP contribution in [0, 0.1) is 0 Å². The lowest BCUT2D eigenvalue weighted by atomic mass is 10.2.